The number of unbranched alkanes of at least 4 members (excludes halogenated alkanes) is 3. The molecule has 0 saturated heterocycles. The SMILES string of the molecule is O=C(/C=C/c1ccc(SCCCCCCBr)cc1)c1ccccc1. The number of alkyl halides is 1. The molecule has 0 radical (unpaired) electrons. The van der Waals surface area contributed by atoms with E-state index in [4.69, 9.17) is 0 Å². The third-order valence-electron chi connectivity index (χ3n) is 3.66. The van der Waals surface area contributed by atoms with E-state index in [0.29, 0.717) is 0 Å². The molecule has 0 fully saturated rings. The molecule has 0 atom stereocenters. The van der Waals surface area contributed by atoms with Gasteiger partial charge in [0.2, 0.25) is 0 Å². The van der Waals surface area contributed by atoms with Crippen LogP contribution in [0.3, 0.4) is 0 Å². The maximum atomic E-state index is 12.0. The fourth-order valence-electron chi connectivity index (χ4n) is 2.29. The Kier molecular flexibility index (Phi) is 8.93. The predicted molar refractivity (Wildman–Crippen MR) is 109 cm³/mol. The fraction of sp³-hybridized carbons (Fsp3) is 0.286. The lowest BCUT2D eigenvalue weighted by Gasteiger charge is -2.02. The topological polar surface area (TPSA) is 17.1 Å². The molecule has 2 aromatic rings. The van der Waals surface area contributed by atoms with Crippen molar-refractivity contribution in [2.45, 2.75) is 30.6 Å². The third-order valence-corrected chi connectivity index (χ3v) is 5.32. The molecule has 0 aromatic heterocycles. The molecular formula is C21H23BrOS. The molecular weight excluding hydrogens is 380 g/mol. The van der Waals surface area contributed by atoms with Crippen molar-refractivity contribution in [1.82, 2.24) is 0 Å². The number of rotatable bonds is 10. The first-order chi connectivity index (χ1) is 11.8. The van der Waals surface area contributed by atoms with Gasteiger partial charge in [-0.3, -0.25) is 4.79 Å². The van der Waals surface area contributed by atoms with E-state index >= 15 is 0 Å². The molecule has 0 saturated carbocycles. The summed E-state index contributed by atoms with van der Waals surface area (Å²) in [6.07, 6.45) is 8.68. The number of benzene rings is 2. The number of hydrogen-bond acceptors (Lipinski definition) is 2. The largest absolute Gasteiger partial charge is 0.289 e. The molecule has 0 unspecified atom stereocenters. The van der Waals surface area contributed by atoms with Crippen LogP contribution >= 0.6 is 27.7 Å². The van der Waals surface area contributed by atoms with Crippen LogP contribution in [-0.2, 0) is 0 Å². The van der Waals surface area contributed by atoms with E-state index < -0.39 is 0 Å². The van der Waals surface area contributed by atoms with Gasteiger partial charge in [0.1, 0.15) is 0 Å². The number of ketones is 1. The van der Waals surface area contributed by atoms with Crippen molar-refractivity contribution in [3.8, 4) is 0 Å². The summed E-state index contributed by atoms with van der Waals surface area (Å²) in [6, 6.07) is 17.8. The van der Waals surface area contributed by atoms with Crippen LogP contribution in [0.1, 0.15) is 41.6 Å². The Morgan fingerprint density at radius 3 is 2.33 bits per heavy atom. The van der Waals surface area contributed by atoms with Crippen molar-refractivity contribution in [3.05, 3.63) is 71.8 Å². The first-order valence-electron chi connectivity index (χ1n) is 8.36. The maximum absolute atomic E-state index is 12.0. The first kappa shape index (κ1) is 19.0. The highest BCUT2D eigenvalue weighted by molar-refractivity contribution is 9.09. The monoisotopic (exact) mass is 402 g/mol. The molecule has 0 N–H and O–H groups in total. The van der Waals surface area contributed by atoms with Crippen molar-refractivity contribution >= 4 is 39.6 Å². The smallest absolute Gasteiger partial charge is 0.185 e. The van der Waals surface area contributed by atoms with Crippen LogP contribution < -0.4 is 0 Å². The van der Waals surface area contributed by atoms with Crippen LogP contribution in [0.25, 0.3) is 6.08 Å². The van der Waals surface area contributed by atoms with Crippen molar-refractivity contribution in [2.24, 2.45) is 0 Å². The van der Waals surface area contributed by atoms with E-state index in [-0.39, 0.29) is 5.78 Å². The second-order valence-electron chi connectivity index (χ2n) is 5.58. The highest BCUT2D eigenvalue weighted by Crippen LogP contribution is 2.21. The van der Waals surface area contributed by atoms with E-state index in [9.17, 15) is 4.79 Å². The van der Waals surface area contributed by atoms with Gasteiger partial charge in [-0.05, 0) is 42.4 Å². The van der Waals surface area contributed by atoms with Gasteiger partial charge in [-0.2, -0.15) is 0 Å². The van der Waals surface area contributed by atoms with Crippen LogP contribution in [0.4, 0.5) is 0 Å². The second-order valence-corrected chi connectivity index (χ2v) is 7.55. The Hall–Kier alpha value is -1.32. The molecule has 2 aromatic carbocycles. The molecule has 0 aliphatic heterocycles. The van der Waals surface area contributed by atoms with Crippen LogP contribution in [0.15, 0.2) is 65.6 Å². The minimum atomic E-state index is 0.0394. The lowest BCUT2D eigenvalue weighted by molar-refractivity contribution is 0.104. The molecule has 0 aliphatic rings. The highest BCUT2D eigenvalue weighted by Gasteiger charge is 2.00. The lowest BCUT2D eigenvalue weighted by Crippen LogP contribution is -1.92. The number of carbonyl (C=O) groups is 1. The first-order valence-corrected chi connectivity index (χ1v) is 10.5. The van der Waals surface area contributed by atoms with Gasteiger partial charge in [0.05, 0.1) is 0 Å². The van der Waals surface area contributed by atoms with Gasteiger partial charge >= 0.3 is 0 Å². The van der Waals surface area contributed by atoms with Gasteiger partial charge in [-0.25, -0.2) is 0 Å². The Bertz CT molecular complexity index is 635. The average Bonchev–Trinajstić information content (AvgIpc) is 2.64. The van der Waals surface area contributed by atoms with E-state index in [1.807, 2.05) is 48.2 Å². The molecule has 3 heteroatoms. The van der Waals surface area contributed by atoms with Gasteiger partial charge in [0.15, 0.2) is 5.78 Å². The lowest BCUT2D eigenvalue weighted by atomic mass is 10.1. The Morgan fingerprint density at radius 1 is 0.917 bits per heavy atom. The van der Waals surface area contributed by atoms with Crippen LogP contribution in [0, 0.1) is 0 Å². The Labute approximate surface area is 157 Å². The zero-order valence-electron chi connectivity index (χ0n) is 13.8. The summed E-state index contributed by atoms with van der Waals surface area (Å²) in [5.74, 6) is 1.21. The molecule has 126 valence electrons. The van der Waals surface area contributed by atoms with Gasteiger partial charge < -0.3 is 0 Å². The third kappa shape index (κ3) is 7.06. The number of allylic oxidation sites excluding steroid dienone is 1. The van der Waals surface area contributed by atoms with E-state index in [1.165, 1.54) is 36.3 Å². The quantitative estimate of drug-likeness (QED) is 0.146. The maximum Gasteiger partial charge on any atom is 0.185 e. The Morgan fingerprint density at radius 2 is 1.62 bits per heavy atom. The fourth-order valence-corrected chi connectivity index (χ4v) is 3.60. The molecule has 0 spiro atoms. The van der Waals surface area contributed by atoms with Gasteiger partial charge in [-0.1, -0.05) is 77.3 Å². The Balaban J connectivity index is 1.77. The molecule has 0 heterocycles. The number of hydrogen-bond donors (Lipinski definition) is 0. The van der Waals surface area contributed by atoms with Crippen molar-refractivity contribution in [3.63, 3.8) is 0 Å². The highest BCUT2D eigenvalue weighted by atomic mass is 79.9. The van der Waals surface area contributed by atoms with Gasteiger partial charge in [0.25, 0.3) is 0 Å². The van der Waals surface area contributed by atoms with Crippen molar-refractivity contribution in [1.29, 1.82) is 0 Å². The summed E-state index contributed by atoms with van der Waals surface area (Å²) >= 11 is 5.37. The van der Waals surface area contributed by atoms with Crippen LogP contribution in [0.5, 0.6) is 0 Å². The molecule has 0 amide bonds. The van der Waals surface area contributed by atoms with E-state index in [2.05, 4.69) is 40.2 Å². The molecule has 0 bridgehead atoms. The van der Waals surface area contributed by atoms with Gasteiger partial charge in [0, 0.05) is 15.8 Å². The van der Waals surface area contributed by atoms with Crippen LogP contribution in [0.2, 0.25) is 0 Å². The molecule has 0 aliphatic carbocycles. The number of carbonyl (C=O) groups excluding carboxylic acids is 1. The molecule has 1 nitrogen and oxygen atoms in total. The van der Waals surface area contributed by atoms with Gasteiger partial charge in [-0.15, -0.1) is 11.8 Å². The minimum Gasteiger partial charge on any atom is -0.289 e. The summed E-state index contributed by atoms with van der Waals surface area (Å²) < 4.78 is 0. The summed E-state index contributed by atoms with van der Waals surface area (Å²) in [4.78, 5) is 13.3. The zero-order valence-corrected chi connectivity index (χ0v) is 16.2. The van der Waals surface area contributed by atoms with Crippen molar-refractivity contribution in [2.75, 3.05) is 11.1 Å². The molecule has 24 heavy (non-hydrogen) atoms. The minimum absolute atomic E-state index is 0.0394. The normalized spacial score (nSPS) is 11.0. The standard InChI is InChI=1S/C21H23BrOS/c22-16-6-1-2-7-17-24-20-13-10-18(11-14-20)12-15-21(23)19-8-4-3-5-9-19/h3-5,8-15H,1-2,6-7,16-17H2/b15-12+. The number of thioether (sulfide) groups is 1. The number of halogens is 1. The summed E-state index contributed by atoms with van der Waals surface area (Å²) in [7, 11) is 0. The average molecular weight is 403 g/mol. The van der Waals surface area contributed by atoms with E-state index in [1.54, 1.807) is 6.08 Å². The van der Waals surface area contributed by atoms with Crippen molar-refractivity contribution < 1.29 is 4.79 Å². The van der Waals surface area contributed by atoms with E-state index in [0.717, 1.165) is 16.5 Å². The zero-order chi connectivity index (χ0) is 17.0. The summed E-state index contributed by atoms with van der Waals surface area (Å²) in [6.45, 7) is 0. The second kappa shape index (κ2) is 11.3. The van der Waals surface area contributed by atoms with Crippen LogP contribution in [-0.4, -0.2) is 16.9 Å². The molecule has 2 rings (SSSR count). The summed E-state index contributed by atoms with van der Waals surface area (Å²) in [5.41, 5.74) is 1.78. The predicted octanol–water partition coefficient (Wildman–Crippen LogP) is 6.63. The summed E-state index contributed by atoms with van der Waals surface area (Å²) in [5, 5.41) is 1.11.